The first-order valence-electron chi connectivity index (χ1n) is 6.35. The van der Waals surface area contributed by atoms with Crippen molar-refractivity contribution in [3.05, 3.63) is 29.8 Å². The summed E-state index contributed by atoms with van der Waals surface area (Å²) >= 11 is 0. The number of likely N-dealkylation sites (N-methyl/N-ethyl adjacent to an activating group) is 1. The van der Waals surface area contributed by atoms with Crippen molar-refractivity contribution in [3.8, 4) is 0 Å². The van der Waals surface area contributed by atoms with E-state index in [4.69, 9.17) is 0 Å². The Balaban J connectivity index is 2.05. The van der Waals surface area contributed by atoms with Crippen molar-refractivity contribution >= 4 is 11.6 Å². The molecule has 0 spiro atoms. The lowest BCUT2D eigenvalue weighted by atomic mass is 10.1. The summed E-state index contributed by atoms with van der Waals surface area (Å²) in [6.45, 7) is 3.09. The maximum atomic E-state index is 12.1. The summed E-state index contributed by atoms with van der Waals surface area (Å²) < 4.78 is 0. The number of carbonyl (C=O) groups excluding carboxylic acids is 1. The number of nitrogens with zero attached hydrogens (tertiary/aromatic N) is 1. The third kappa shape index (κ3) is 2.34. The van der Waals surface area contributed by atoms with Gasteiger partial charge in [-0.2, -0.15) is 0 Å². The van der Waals surface area contributed by atoms with Crippen molar-refractivity contribution in [1.82, 2.24) is 5.32 Å². The molecule has 1 aliphatic rings. The Labute approximate surface area is 103 Å². The van der Waals surface area contributed by atoms with Gasteiger partial charge in [-0.25, -0.2) is 0 Å². The Hall–Kier alpha value is -1.35. The number of hydrogen-bond acceptors (Lipinski definition) is 2. The average molecular weight is 232 g/mol. The lowest BCUT2D eigenvalue weighted by Crippen LogP contribution is -2.32. The van der Waals surface area contributed by atoms with E-state index in [1.807, 2.05) is 31.3 Å². The van der Waals surface area contributed by atoms with Gasteiger partial charge >= 0.3 is 0 Å². The minimum absolute atomic E-state index is 0.145. The topological polar surface area (TPSA) is 32.3 Å². The van der Waals surface area contributed by atoms with Gasteiger partial charge in [0.25, 0.3) is 0 Å². The van der Waals surface area contributed by atoms with Gasteiger partial charge in [-0.15, -0.1) is 0 Å². The van der Waals surface area contributed by atoms with Crippen LogP contribution in [0.3, 0.4) is 0 Å². The number of amides is 1. The molecular weight excluding hydrogens is 212 g/mol. The van der Waals surface area contributed by atoms with E-state index < -0.39 is 0 Å². The van der Waals surface area contributed by atoms with Gasteiger partial charge in [-0.1, -0.05) is 38.0 Å². The molecule has 3 nitrogen and oxygen atoms in total. The van der Waals surface area contributed by atoms with Gasteiger partial charge in [0.15, 0.2) is 0 Å². The molecule has 0 fully saturated rings. The molecule has 17 heavy (non-hydrogen) atoms. The second-order valence-corrected chi connectivity index (χ2v) is 4.55. The maximum Gasteiger partial charge on any atom is 0.248 e. The van der Waals surface area contributed by atoms with Gasteiger partial charge in [0, 0.05) is 18.3 Å². The largest absolute Gasteiger partial charge is 0.313 e. The second-order valence-electron chi connectivity index (χ2n) is 4.55. The summed E-state index contributed by atoms with van der Waals surface area (Å²) in [5, 5.41) is 3.36. The summed E-state index contributed by atoms with van der Waals surface area (Å²) in [7, 11) is 1.84. The van der Waals surface area contributed by atoms with Crippen molar-refractivity contribution in [1.29, 1.82) is 0 Å². The normalized spacial score (nSPS) is 18.6. The highest BCUT2D eigenvalue weighted by molar-refractivity contribution is 6.04. The second kappa shape index (κ2) is 5.32. The number of rotatable bonds is 5. The Morgan fingerprint density at radius 2 is 2.06 bits per heavy atom. The molecule has 0 aromatic heterocycles. The molecule has 3 heteroatoms. The molecule has 1 unspecified atom stereocenters. The fraction of sp³-hybridized carbons (Fsp3) is 0.500. The molecule has 2 rings (SSSR count). The number of hydrogen-bond donors (Lipinski definition) is 1. The van der Waals surface area contributed by atoms with Crippen molar-refractivity contribution in [2.45, 2.75) is 32.2 Å². The van der Waals surface area contributed by atoms with Gasteiger partial charge in [0.1, 0.15) is 6.04 Å². The van der Waals surface area contributed by atoms with Crippen LogP contribution in [-0.2, 0) is 4.79 Å². The monoisotopic (exact) mass is 232 g/mol. The van der Waals surface area contributed by atoms with E-state index in [1.54, 1.807) is 4.90 Å². The van der Waals surface area contributed by atoms with Crippen molar-refractivity contribution in [2.24, 2.45) is 0 Å². The first kappa shape index (κ1) is 12.1. The number of para-hydroxylation sites is 1. The molecule has 0 radical (unpaired) electrons. The zero-order valence-electron chi connectivity index (χ0n) is 10.6. The van der Waals surface area contributed by atoms with Crippen LogP contribution in [0.25, 0.3) is 0 Å². The molecule has 92 valence electrons. The summed E-state index contributed by atoms with van der Waals surface area (Å²) in [4.78, 5) is 13.8. The van der Waals surface area contributed by atoms with Crippen LogP contribution in [0.1, 0.15) is 37.8 Å². The van der Waals surface area contributed by atoms with E-state index in [2.05, 4.69) is 12.2 Å². The fourth-order valence-electron chi connectivity index (χ4n) is 2.30. The van der Waals surface area contributed by atoms with E-state index in [9.17, 15) is 4.79 Å². The number of anilines is 1. The number of unbranched alkanes of at least 4 members (excludes halogenated alkanes) is 2. The van der Waals surface area contributed by atoms with Crippen LogP contribution in [0.2, 0.25) is 0 Å². The highest BCUT2D eigenvalue weighted by Crippen LogP contribution is 2.34. The Morgan fingerprint density at radius 3 is 2.82 bits per heavy atom. The zero-order chi connectivity index (χ0) is 12.3. The first-order valence-corrected chi connectivity index (χ1v) is 6.35. The Bertz CT molecular complexity index is 403. The predicted molar refractivity (Wildman–Crippen MR) is 70.1 cm³/mol. The Kier molecular flexibility index (Phi) is 3.79. The van der Waals surface area contributed by atoms with Gasteiger partial charge in [0.2, 0.25) is 5.91 Å². The SMILES string of the molecule is CCCCCNC1C(=O)N(C)c2ccccc21. The summed E-state index contributed by atoms with van der Waals surface area (Å²) in [6.07, 6.45) is 3.55. The standard InChI is InChI=1S/C14H20N2O/c1-3-4-7-10-15-13-11-8-5-6-9-12(11)16(2)14(13)17/h5-6,8-9,13,15H,3-4,7,10H2,1-2H3. The first-order chi connectivity index (χ1) is 8.25. The smallest absolute Gasteiger partial charge is 0.248 e. The summed E-state index contributed by atoms with van der Waals surface area (Å²) in [6, 6.07) is 7.86. The van der Waals surface area contributed by atoms with E-state index in [-0.39, 0.29) is 11.9 Å². The zero-order valence-corrected chi connectivity index (χ0v) is 10.6. The van der Waals surface area contributed by atoms with E-state index in [0.29, 0.717) is 0 Å². The minimum atomic E-state index is -0.145. The molecule has 0 saturated heterocycles. The average Bonchev–Trinajstić information content (AvgIpc) is 2.60. The number of fused-ring (bicyclic) bond motifs is 1. The molecule has 1 aromatic rings. The van der Waals surface area contributed by atoms with Gasteiger partial charge in [-0.05, 0) is 19.0 Å². The highest BCUT2D eigenvalue weighted by Gasteiger charge is 2.33. The van der Waals surface area contributed by atoms with E-state index in [1.165, 1.54) is 12.8 Å². The quantitative estimate of drug-likeness (QED) is 0.791. The van der Waals surface area contributed by atoms with Crippen LogP contribution in [0.5, 0.6) is 0 Å². The molecule has 1 N–H and O–H groups in total. The molecule has 1 aromatic carbocycles. The third-order valence-electron chi connectivity index (χ3n) is 3.32. The van der Waals surface area contributed by atoms with Gasteiger partial charge in [0.05, 0.1) is 0 Å². The maximum absolute atomic E-state index is 12.1. The number of nitrogens with one attached hydrogen (secondary N) is 1. The minimum Gasteiger partial charge on any atom is -0.313 e. The number of benzene rings is 1. The van der Waals surface area contributed by atoms with Crippen molar-refractivity contribution in [3.63, 3.8) is 0 Å². The predicted octanol–water partition coefficient (Wildman–Crippen LogP) is 2.48. The molecule has 1 aliphatic heterocycles. The lowest BCUT2D eigenvalue weighted by molar-refractivity contribution is -0.119. The molecular formula is C14H20N2O. The highest BCUT2D eigenvalue weighted by atomic mass is 16.2. The van der Waals surface area contributed by atoms with Crippen LogP contribution >= 0.6 is 0 Å². The third-order valence-corrected chi connectivity index (χ3v) is 3.32. The van der Waals surface area contributed by atoms with Crippen molar-refractivity contribution < 1.29 is 4.79 Å². The van der Waals surface area contributed by atoms with Gasteiger partial charge < -0.3 is 10.2 Å². The van der Waals surface area contributed by atoms with Crippen LogP contribution in [0.4, 0.5) is 5.69 Å². The van der Waals surface area contributed by atoms with E-state index in [0.717, 1.165) is 24.2 Å². The van der Waals surface area contributed by atoms with E-state index >= 15 is 0 Å². The fourth-order valence-corrected chi connectivity index (χ4v) is 2.30. The Morgan fingerprint density at radius 1 is 1.29 bits per heavy atom. The van der Waals surface area contributed by atoms with Crippen LogP contribution in [-0.4, -0.2) is 19.5 Å². The molecule has 0 aliphatic carbocycles. The van der Waals surface area contributed by atoms with Crippen LogP contribution in [0.15, 0.2) is 24.3 Å². The molecule has 1 atom stereocenters. The van der Waals surface area contributed by atoms with Crippen LogP contribution < -0.4 is 10.2 Å². The van der Waals surface area contributed by atoms with Crippen molar-refractivity contribution in [2.75, 3.05) is 18.5 Å². The molecule has 0 bridgehead atoms. The molecule has 0 saturated carbocycles. The van der Waals surface area contributed by atoms with Crippen LogP contribution in [0, 0.1) is 0 Å². The molecule has 1 heterocycles. The number of carbonyl (C=O) groups is 1. The summed E-state index contributed by atoms with van der Waals surface area (Å²) in [5.41, 5.74) is 2.14. The van der Waals surface area contributed by atoms with Gasteiger partial charge in [-0.3, -0.25) is 4.79 Å². The summed E-state index contributed by atoms with van der Waals surface area (Å²) in [5.74, 6) is 0.155. The lowest BCUT2D eigenvalue weighted by Gasteiger charge is -2.12. The molecule has 1 amide bonds.